The van der Waals surface area contributed by atoms with E-state index < -0.39 is 0 Å². The van der Waals surface area contributed by atoms with Crippen LogP contribution in [0.2, 0.25) is 0 Å². The molecule has 0 aliphatic rings. The highest BCUT2D eigenvalue weighted by Crippen LogP contribution is 2.16. The second-order valence-corrected chi connectivity index (χ2v) is 5.01. The summed E-state index contributed by atoms with van der Waals surface area (Å²) in [4.78, 5) is 18.0. The normalized spacial score (nSPS) is 10.6. The highest BCUT2D eigenvalue weighted by molar-refractivity contribution is 7.07. The Morgan fingerprint density at radius 3 is 2.95 bits per heavy atom. The van der Waals surface area contributed by atoms with Crippen LogP contribution in [0.1, 0.15) is 5.69 Å². The quantitative estimate of drug-likeness (QED) is 0.817. The second kappa shape index (κ2) is 6.31. The number of nitrogens with one attached hydrogen (secondary N) is 1. The Morgan fingerprint density at radius 1 is 1.47 bits per heavy atom. The standard InChI is InChI=1S/C13H16N4OS/c1-17(6-10-8-19-9-15-10)7-13(18)16-12-5-3-2-4-11(12)14/h2-5,8-9H,6-7,14H2,1H3,(H,16,18). The first kappa shape index (κ1) is 13.5. The molecule has 2 rings (SSSR count). The maximum Gasteiger partial charge on any atom is 0.238 e. The number of rotatable bonds is 5. The van der Waals surface area contributed by atoms with Gasteiger partial charge in [0, 0.05) is 11.9 Å². The number of aromatic nitrogens is 1. The molecule has 1 aromatic carbocycles. The number of para-hydroxylation sites is 2. The first-order valence-corrected chi connectivity index (χ1v) is 6.79. The van der Waals surface area contributed by atoms with Gasteiger partial charge in [-0.2, -0.15) is 0 Å². The Bertz CT molecular complexity index is 541. The van der Waals surface area contributed by atoms with Crippen LogP contribution in [-0.2, 0) is 11.3 Å². The zero-order chi connectivity index (χ0) is 13.7. The average molecular weight is 276 g/mol. The Labute approximate surface area is 116 Å². The minimum Gasteiger partial charge on any atom is -0.397 e. The third kappa shape index (κ3) is 4.04. The molecule has 2 aromatic rings. The van der Waals surface area contributed by atoms with Gasteiger partial charge in [-0.25, -0.2) is 4.98 Å². The van der Waals surface area contributed by atoms with Crippen molar-refractivity contribution in [3.05, 3.63) is 40.8 Å². The van der Waals surface area contributed by atoms with Crippen molar-refractivity contribution in [2.75, 3.05) is 24.6 Å². The van der Waals surface area contributed by atoms with Crippen LogP contribution in [0.3, 0.4) is 0 Å². The molecular weight excluding hydrogens is 260 g/mol. The first-order valence-electron chi connectivity index (χ1n) is 5.85. The summed E-state index contributed by atoms with van der Waals surface area (Å²) in [7, 11) is 1.88. The lowest BCUT2D eigenvalue weighted by Crippen LogP contribution is -2.30. The van der Waals surface area contributed by atoms with Crippen LogP contribution in [-0.4, -0.2) is 29.4 Å². The lowest BCUT2D eigenvalue weighted by atomic mass is 10.2. The van der Waals surface area contributed by atoms with Gasteiger partial charge in [0.25, 0.3) is 0 Å². The van der Waals surface area contributed by atoms with Crippen molar-refractivity contribution in [1.29, 1.82) is 0 Å². The minimum absolute atomic E-state index is 0.0874. The number of nitrogens with zero attached hydrogens (tertiary/aromatic N) is 2. The fourth-order valence-corrected chi connectivity index (χ4v) is 2.24. The van der Waals surface area contributed by atoms with Crippen LogP contribution in [0.5, 0.6) is 0 Å². The van der Waals surface area contributed by atoms with Crippen LogP contribution in [0.15, 0.2) is 35.2 Å². The molecule has 5 nitrogen and oxygen atoms in total. The van der Waals surface area contributed by atoms with E-state index in [-0.39, 0.29) is 5.91 Å². The van der Waals surface area contributed by atoms with Crippen molar-refractivity contribution in [2.24, 2.45) is 0 Å². The van der Waals surface area contributed by atoms with E-state index in [0.29, 0.717) is 24.5 Å². The van der Waals surface area contributed by atoms with Crippen molar-refractivity contribution in [1.82, 2.24) is 9.88 Å². The van der Waals surface area contributed by atoms with Crippen LogP contribution in [0.25, 0.3) is 0 Å². The minimum atomic E-state index is -0.0874. The van der Waals surface area contributed by atoms with Crippen LogP contribution < -0.4 is 11.1 Å². The van der Waals surface area contributed by atoms with Crippen molar-refractivity contribution in [2.45, 2.75) is 6.54 Å². The number of carbonyl (C=O) groups excluding carboxylic acids is 1. The van der Waals surface area contributed by atoms with Gasteiger partial charge in [0.1, 0.15) is 0 Å². The molecule has 6 heteroatoms. The zero-order valence-electron chi connectivity index (χ0n) is 10.7. The highest BCUT2D eigenvalue weighted by atomic mass is 32.1. The number of carbonyl (C=O) groups is 1. The summed E-state index contributed by atoms with van der Waals surface area (Å²) in [5.74, 6) is -0.0874. The number of thiazole rings is 1. The summed E-state index contributed by atoms with van der Waals surface area (Å²) in [6, 6.07) is 7.21. The number of nitrogens with two attached hydrogens (primary N) is 1. The van der Waals surface area contributed by atoms with E-state index in [0.717, 1.165) is 5.69 Å². The molecule has 0 saturated carbocycles. The van der Waals surface area contributed by atoms with E-state index in [1.165, 1.54) is 0 Å². The molecule has 1 amide bonds. The molecule has 0 aliphatic carbocycles. The molecule has 1 aromatic heterocycles. The summed E-state index contributed by atoms with van der Waals surface area (Å²) < 4.78 is 0. The van der Waals surface area contributed by atoms with Gasteiger partial charge in [-0.15, -0.1) is 11.3 Å². The number of nitrogen functional groups attached to an aromatic ring is 1. The van der Waals surface area contributed by atoms with E-state index in [4.69, 9.17) is 5.73 Å². The summed E-state index contributed by atoms with van der Waals surface area (Å²) >= 11 is 1.55. The van der Waals surface area contributed by atoms with Crippen LogP contribution in [0.4, 0.5) is 11.4 Å². The van der Waals surface area contributed by atoms with Crippen molar-refractivity contribution in [3.63, 3.8) is 0 Å². The Hall–Kier alpha value is -1.92. The van der Waals surface area contributed by atoms with Crippen LogP contribution >= 0.6 is 11.3 Å². The molecule has 0 radical (unpaired) electrons. The fourth-order valence-electron chi connectivity index (χ4n) is 1.69. The zero-order valence-corrected chi connectivity index (χ0v) is 11.5. The lowest BCUT2D eigenvalue weighted by Gasteiger charge is -2.15. The van der Waals surface area contributed by atoms with Gasteiger partial charge in [0.2, 0.25) is 5.91 Å². The maximum atomic E-state index is 11.9. The molecule has 0 bridgehead atoms. The smallest absolute Gasteiger partial charge is 0.238 e. The topological polar surface area (TPSA) is 71.2 Å². The number of benzene rings is 1. The third-order valence-corrected chi connectivity index (χ3v) is 3.20. The molecule has 1 heterocycles. The monoisotopic (exact) mass is 276 g/mol. The van der Waals surface area contributed by atoms with Crippen molar-refractivity contribution >= 4 is 28.6 Å². The van der Waals surface area contributed by atoms with Gasteiger partial charge in [-0.05, 0) is 19.2 Å². The van der Waals surface area contributed by atoms with E-state index in [1.54, 1.807) is 29.0 Å². The van der Waals surface area contributed by atoms with Gasteiger partial charge in [-0.1, -0.05) is 12.1 Å². The maximum absolute atomic E-state index is 11.9. The average Bonchev–Trinajstić information content (AvgIpc) is 2.84. The Kier molecular flexibility index (Phi) is 4.48. The molecule has 0 unspecified atom stereocenters. The number of likely N-dealkylation sites (N-methyl/N-ethyl adjacent to an activating group) is 1. The molecule has 0 fully saturated rings. The number of hydrogen-bond donors (Lipinski definition) is 2. The predicted octanol–water partition coefficient (Wildman–Crippen LogP) is 1.80. The molecule has 0 aliphatic heterocycles. The second-order valence-electron chi connectivity index (χ2n) is 4.29. The van der Waals surface area contributed by atoms with Gasteiger partial charge in [-0.3, -0.25) is 9.69 Å². The lowest BCUT2D eigenvalue weighted by molar-refractivity contribution is -0.117. The number of amides is 1. The SMILES string of the molecule is CN(CC(=O)Nc1ccccc1N)Cc1cscn1. The van der Waals surface area contributed by atoms with Crippen LogP contribution in [0, 0.1) is 0 Å². The van der Waals surface area contributed by atoms with Crippen molar-refractivity contribution < 1.29 is 4.79 Å². The number of anilines is 2. The summed E-state index contributed by atoms with van der Waals surface area (Å²) in [5, 5.41) is 4.77. The summed E-state index contributed by atoms with van der Waals surface area (Å²) in [5.41, 5.74) is 9.75. The van der Waals surface area contributed by atoms with Gasteiger partial charge < -0.3 is 11.1 Å². The molecule has 0 atom stereocenters. The Balaban J connectivity index is 1.86. The van der Waals surface area contributed by atoms with Gasteiger partial charge in [0.05, 0.1) is 29.1 Å². The summed E-state index contributed by atoms with van der Waals surface area (Å²) in [6.45, 7) is 0.951. The van der Waals surface area contributed by atoms with Gasteiger partial charge >= 0.3 is 0 Å². The molecular formula is C13H16N4OS. The highest BCUT2D eigenvalue weighted by Gasteiger charge is 2.09. The van der Waals surface area contributed by atoms with E-state index in [2.05, 4.69) is 10.3 Å². The predicted molar refractivity (Wildman–Crippen MR) is 77.9 cm³/mol. The fraction of sp³-hybridized carbons (Fsp3) is 0.231. The van der Waals surface area contributed by atoms with Gasteiger partial charge in [0.15, 0.2) is 0 Å². The first-order chi connectivity index (χ1) is 9.15. The Morgan fingerprint density at radius 2 is 2.26 bits per heavy atom. The van der Waals surface area contributed by atoms with E-state index >= 15 is 0 Å². The van der Waals surface area contributed by atoms with E-state index in [1.807, 2.05) is 29.5 Å². The molecule has 0 saturated heterocycles. The number of hydrogen-bond acceptors (Lipinski definition) is 5. The molecule has 3 N–H and O–H groups in total. The largest absolute Gasteiger partial charge is 0.397 e. The molecule has 100 valence electrons. The molecule has 0 spiro atoms. The van der Waals surface area contributed by atoms with E-state index in [9.17, 15) is 4.79 Å². The third-order valence-electron chi connectivity index (χ3n) is 2.56. The van der Waals surface area contributed by atoms with Crippen molar-refractivity contribution in [3.8, 4) is 0 Å². The summed E-state index contributed by atoms with van der Waals surface area (Å²) in [6.07, 6.45) is 0. The molecule has 19 heavy (non-hydrogen) atoms.